The second kappa shape index (κ2) is 43.7. The van der Waals surface area contributed by atoms with Crippen molar-refractivity contribution >= 4 is 163 Å². The standard InChI is InChI=1S/C22H19F3N2O2.C21H18F3N3O2.C21H17F3N2O2.C21H19FN2O2.C15H17FO2.5H2S/c1-13-17(4-3-5-18(13)23)22(20(28)29-2)9-8-15(11-22)14-6-7-16-12-26-27(21(24)25)19(16)10-14;1-12-16(3-2-4-17(12)22)21(19(28)26-29)8-7-14(10-21)13-5-6-15-11-25-27(20(23)24)18(15)9-13;1-12-16(3-2-4-17(12)22)21(19(27)28)8-7-14(10-21)13-5-6-15-11-25-26(20(23)24)18(15)9-13;1-13-17(4-3-5-18(13)22)21(20(25)26-2)9-8-15(11-21)14-6-7-16-12-23-24-19(16)10-14;1-10-7-8-15(9-10,14(17)18-3)12-5-4-6-13(16)11(12)2;;;;;/h3-7,10-12,21H,8-9H2,1-2H3;2-6,9-11,20,29H,7-8H2,1H3,(H,26,28);2-6,9-11,20H,7-8H2,1H3,(H,27,28);3-7,10-12H,8-9H2,1-2H3,(H,23,24);4-6,9H,7-8H2,1-3H3;5*1H2/t22-;3*21-;15-;;;;;/m00000...../s1. The van der Waals surface area contributed by atoms with Gasteiger partial charge in [-0.05, 0) is 261 Å². The van der Waals surface area contributed by atoms with Gasteiger partial charge in [0.1, 0.15) is 50.7 Å². The fourth-order valence-electron chi connectivity index (χ4n) is 18.8. The van der Waals surface area contributed by atoms with E-state index in [1.54, 1.807) is 149 Å². The minimum atomic E-state index is -2.77. The molecule has 18 rings (SSSR count). The van der Waals surface area contributed by atoms with Crippen molar-refractivity contribution in [1.29, 1.82) is 0 Å². The number of hydrogen-bond acceptors (Lipinski definition) is 13. The van der Waals surface area contributed by atoms with Crippen LogP contribution in [0.15, 0.2) is 225 Å². The van der Waals surface area contributed by atoms with Crippen LogP contribution in [0.5, 0.6) is 0 Å². The number of nitrogens with one attached hydrogen (secondary N) is 2. The molecule has 0 unspecified atom stereocenters. The van der Waals surface area contributed by atoms with Crippen LogP contribution >= 0.6 is 67.5 Å². The molecule has 19 nitrogen and oxygen atoms in total. The van der Waals surface area contributed by atoms with Crippen molar-refractivity contribution < 1.29 is 96.8 Å². The maximum Gasteiger partial charge on any atom is 0.333 e. The predicted molar refractivity (Wildman–Crippen MR) is 520 cm³/mol. The van der Waals surface area contributed by atoms with Crippen LogP contribution in [0.3, 0.4) is 0 Å². The van der Waals surface area contributed by atoms with E-state index in [0.717, 1.165) is 56.3 Å². The molecule has 4 N–H and O–H groups in total. The third kappa shape index (κ3) is 20.3. The molecule has 5 aliphatic carbocycles. The van der Waals surface area contributed by atoms with Crippen molar-refractivity contribution in [3.8, 4) is 0 Å². The highest BCUT2D eigenvalue weighted by atomic mass is 32.1. The number of aromatic nitrogens is 8. The van der Waals surface area contributed by atoms with E-state index in [9.17, 15) is 82.6 Å². The smallest absolute Gasteiger partial charge is 0.333 e. The molecule has 135 heavy (non-hydrogen) atoms. The number of rotatable bonds is 17. The number of carboxylic acid groups (broad SMARTS) is 1. The molecule has 712 valence electrons. The Morgan fingerprint density at radius 3 is 0.948 bits per heavy atom. The van der Waals surface area contributed by atoms with Gasteiger partial charge in [0.15, 0.2) is 0 Å². The van der Waals surface area contributed by atoms with Crippen LogP contribution in [-0.2, 0) is 65.3 Å². The first kappa shape index (κ1) is 107. The van der Waals surface area contributed by atoms with Crippen molar-refractivity contribution in [2.24, 2.45) is 0 Å². The van der Waals surface area contributed by atoms with Crippen molar-refractivity contribution in [2.45, 2.75) is 152 Å². The maximum absolute atomic E-state index is 14.2. The summed E-state index contributed by atoms with van der Waals surface area (Å²) >= 11 is 0. The van der Waals surface area contributed by atoms with Gasteiger partial charge in [0.05, 0.1) is 73.6 Å². The van der Waals surface area contributed by atoms with E-state index in [4.69, 9.17) is 14.2 Å². The van der Waals surface area contributed by atoms with Crippen LogP contribution in [0.2, 0.25) is 0 Å². The van der Waals surface area contributed by atoms with Gasteiger partial charge in [0.25, 0.3) is 5.91 Å². The molecule has 0 saturated carbocycles. The number of hydroxylamine groups is 1. The number of esters is 3. The van der Waals surface area contributed by atoms with Crippen LogP contribution in [0.25, 0.3) is 65.9 Å². The van der Waals surface area contributed by atoms with Crippen LogP contribution < -0.4 is 5.48 Å². The average Bonchev–Trinajstić information content (AvgIpc) is 1.66. The van der Waals surface area contributed by atoms with Gasteiger partial charge in [0.2, 0.25) is 0 Å². The molecule has 0 aliphatic heterocycles. The summed E-state index contributed by atoms with van der Waals surface area (Å²) in [4.78, 5) is 62.5. The van der Waals surface area contributed by atoms with Gasteiger partial charge < -0.3 is 19.3 Å². The number of methoxy groups -OCH3 is 3. The number of aliphatic carboxylic acids is 1. The second-order valence-corrected chi connectivity index (χ2v) is 32.9. The van der Waals surface area contributed by atoms with Crippen molar-refractivity contribution in [1.82, 2.24) is 45.0 Å². The topological polar surface area (TPSA) is 248 Å². The number of allylic oxidation sites excluding steroid dienone is 5. The Labute approximate surface area is 805 Å². The zero-order chi connectivity index (χ0) is 93.2. The molecule has 4 heterocycles. The maximum atomic E-state index is 14.2. The number of H-pyrrole nitrogens is 1. The number of carbonyl (C=O) groups excluding carboxylic acids is 4. The number of hydrogen-bond donors (Lipinski definition) is 4. The van der Waals surface area contributed by atoms with Crippen LogP contribution in [-0.4, -0.2) is 101 Å². The monoisotopic (exact) mass is 1960 g/mol. The Hall–Kier alpha value is -12.2. The molecule has 0 radical (unpaired) electrons. The second-order valence-electron chi connectivity index (χ2n) is 32.9. The average molecular weight is 1960 g/mol. The minimum Gasteiger partial charge on any atom is -0.480 e. The van der Waals surface area contributed by atoms with Crippen LogP contribution in [0.1, 0.15) is 169 Å². The van der Waals surface area contributed by atoms with E-state index < -0.39 is 82.0 Å². The molecule has 1 amide bonds. The molecule has 0 fully saturated rings. The fraction of sp³-hybridized carbons (Fsp3) is 0.270. The lowest BCUT2D eigenvalue weighted by atomic mass is 9.77. The highest BCUT2D eigenvalue weighted by molar-refractivity contribution is 7.60. The highest BCUT2D eigenvalue weighted by Gasteiger charge is 2.49. The summed E-state index contributed by atoms with van der Waals surface area (Å²) in [5, 5.41) is 40.3. The van der Waals surface area contributed by atoms with Crippen molar-refractivity contribution in [2.75, 3.05) is 21.3 Å². The third-order valence-electron chi connectivity index (χ3n) is 25.8. The summed E-state index contributed by atoms with van der Waals surface area (Å²) in [6.45, 7) is 1.89. The molecule has 4 aromatic heterocycles. The third-order valence-corrected chi connectivity index (χ3v) is 25.8. The van der Waals surface area contributed by atoms with Gasteiger partial charge in [-0.1, -0.05) is 145 Å². The summed E-state index contributed by atoms with van der Waals surface area (Å²) in [6.07, 6.45) is 20.0. The van der Waals surface area contributed by atoms with Gasteiger partial charge in [0, 0.05) is 21.5 Å². The first-order valence-corrected chi connectivity index (χ1v) is 41.6. The number of ether oxygens (including phenoxy) is 3. The number of alkyl halides is 6. The zero-order valence-corrected chi connectivity index (χ0v) is 79.5. The Morgan fingerprint density at radius 1 is 0.370 bits per heavy atom. The van der Waals surface area contributed by atoms with E-state index in [1.807, 2.05) is 55.5 Å². The van der Waals surface area contributed by atoms with Gasteiger partial charge >= 0.3 is 43.5 Å². The number of fused-ring (bicyclic) bond motifs is 4. The van der Waals surface area contributed by atoms with E-state index >= 15 is 0 Å². The van der Waals surface area contributed by atoms with Crippen LogP contribution in [0, 0.1) is 63.7 Å². The first-order chi connectivity index (χ1) is 62.1. The van der Waals surface area contributed by atoms with Crippen molar-refractivity contribution in [3.05, 3.63) is 332 Å². The summed E-state index contributed by atoms with van der Waals surface area (Å²) in [5.41, 5.74) is 10.4. The normalized spacial score (nSPS) is 19.0. The zero-order valence-electron chi connectivity index (χ0n) is 74.5. The highest BCUT2D eigenvalue weighted by Crippen LogP contribution is 2.51. The van der Waals surface area contributed by atoms with E-state index in [-0.39, 0.29) is 109 Å². The molecule has 35 heteroatoms. The SMILES string of the molecule is COC(=O)[C@]1(c2cccc(F)c2C)C=C(C)CC1.COC(=O)[C@]1(c2cccc(F)c2C)C=C(c2ccc3cn[nH]c3c2)CC1.COC(=O)[C@]1(c2cccc(F)c2C)C=C(c2ccc3cnn(C(F)F)c3c2)CC1.Cc1c(F)cccc1[C@@]1(C(=O)NO)C=C(c2ccc3cnn(C(F)F)c3c2)CC1.Cc1c(F)cccc1[C@@]1(C(=O)O)C=C(c2ccc3cnn(C(F)F)c3c2)CC1.S.S.S.S.S. The molecular weight excluding hydrogens is 1860 g/mol. The molecule has 0 saturated heterocycles. The molecule has 0 bridgehead atoms. The molecule has 13 aromatic rings. The summed E-state index contributed by atoms with van der Waals surface area (Å²) < 4.78 is 166. The number of nitrogens with zero attached hydrogens (tertiary/aromatic N) is 7. The number of aromatic amines is 1. The van der Waals surface area contributed by atoms with Gasteiger partial charge in [-0.25, -0.2) is 41.5 Å². The first-order valence-electron chi connectivity index (χ1n) is 41.6. The summed E-state index contributed by atoms with van der Waals surface area (Å²) in [7, 11) is 4.05. The predicted octanol–water partition coefficient (Wildman–Crippen LogP) is 22.9. The minimum absolute atomic E-state index is 0. The van der Waals surface area contributed by atoms with Crippen molar-refractivity contribution in [3.63, 3.8) is 0 Å². The van der Waals surface area contributed by atoms with Gasteiger partial charge in [-0.15, -0.1) is 0 Å². The largest absolute Gasteiger partial charge is 0.480 e. The Balaban J connectivity index is 0.000000189. The number of amides is 1. The summed E-state index contributed by atoms with van der Waals surface area (Å²) in [6, 6.07) is 44.6. The molecule has 0 spiro atoms. The molecule has 5 atom stereocenters. The quantitative estimate of drug-likeness (QED) is 0.0165. The number of carboxylic acids is 1. The van der Waals surface area contributed by atoms with Crippen LogP contribution in [0.4, 0.5) is 48.3 Å². The van der Waals surface area contributed by atoms with E-state index in [0.29, 0.717) is 154 Å². The lowest BCUT2D eigenvalue weighted by molar-refractivity contribution is -0.146. The van der Waals surface area contributed by atoms with Gasteiger partial charge in [-0.2, -0.15) is 114 Å². The molecule has 9 aromatic carbocycles. The molecular formula is C100H100F11N9O10S5. The van der Waals surface area contributed by atoms with Gasteiger partial charge in [-0.3, -0.25) is 34.3 Å². The Bertz CT molecular complexity index is 6640. The number of benzene rings is 9. The number of carbonyl (C=O) groups is 5. The summed E-state index contributed by atoms with van der Waals surface area (Å²) in [5.74, 6) is -4.76. The lowest BCUT2D eigenvalue weighted by Gasteiger charge is -2.27. The lowest BCUT2D eigenvalue weighted by Crippen LogP contribution is -2.41. The Morgan fingerprint density at radius 2 is 0.644 bits per heavy atom. The fourth-order valence-corrected chi connectivity index (χ4v) is 18.8. The molecule has 5 aliphatic rings. The van der Waals surface area contributed by atoms with E-state index in [1.165, 1.54) is 82.4 Å². The Kier molecular flexibility index (Phi) is 34.5. The number of halogens is 11. The van der Waals surface area contributed by atoms with E-state index in [2.05, 4.69) is 25.5 Å².